The van der Waals surface area contributed by atoms with Gasteiger partial charge in [-0.3, -0.25) is 9.59 Å². The summed E-state index contributed by atoms with van der Waals surface area (Å²) in [5.41, 5.74) is 4.27. The third kappa shape index (κ3) is 1.13. The van der Waals surface area contributed by atoms with Gasteiger partial charge in [-0.15, -0.1) is 0 Å². The van der Waals surface area contributed by atoms with Crippen molar-refractivity contribution in [2.75, 3.05) is 0 Å². The number of fused-ring (bicyclic) bond motifs is 1. The molecule has 18 heavy (non-hydrogen) atoms. The van der Waals surface area contributed by atoms with E-state index in [2.05, 4.69) is 6.08 Å². The number of ketones is 2. The topological polar surface area (TPSA) is 34.1 Å². The van der Waals surface area contributed by atoms with Crippen LogP contribution in [0, 0.1) is 11.8 Å². The molecule has 4 aliphatic carbocycles. The van der Waals surface area contributed by atoms with E-state index in [-0.39, 0.29) is 23.4 Å². The lowest BCUT2D eigenvalue weighted by Gasteiger charge is -2.34. The molecule has 0 saturated heterocycles. The number of carbonyl (C=O) groups excluding carboxylic acids is 2. The summed E-state index contributed by atoms with van der Waals surface area (Å²) in [6, 6.07) is 0. The highest BCUT2D eigenvalue weighted by Crippen LogP contribution is 2.49. The number of rotatable bonds is 0. The Labute approximate surface area is 106 Å². The predicted molar refractivity (Wildman–Crippen MR) is 67.8 cm³/mol. The first-order valence-electron chi connectivity index (χ1n) is 6.68. The van der Waals surface area contributed by atoms with Crippen molar-refractivity contribution in [3.05, 3.63) is 46.6 Å². The van der Waals surface area contributed by atoms with Gasteiger partial charge >= 0.3 is 0 Å². The average molecular weight is 238 g/mol. The largest absolute Gasteiger partial charge is 0.285 e. The van der Waals surface area contributed by atoms with Crippen LogP contribution in [-0.2, 0) is 9.59 Å². The Morgan fingerprint density at radius 3 is 2.67 bits per heavy atom. The van der Waals surface area contributed by atoms with Gasteiger partial charge in [0.1, 0.15) is 0 Å². The van der Waals surface area contributed by atoms with E-state index in [9.17, 15) is 9.59 Å². The Kier molecular flexibility index (Phi) is 1.94. The maximum Gasteiger partial charge on any atom is 0.229 e. The van der Waals surface area contributed by atoms with Gasteiger partial charge in [0.2, 0.25) is 11.6 Å². The molecule has 0 bridgehead atoms. The Morgan fingerprint density at radius 2 is 1.78 bits per heavy atom. The fourth-order valence-electron chi connectivity index (χ4n) is 3.83. The Bertz CT molecular complexity index is 599. The second-order valence-corrected chi connectivity index (χ2v) is 5.53. The first-order valence-corrected chi connectivity index (χ1v) is 6.68. The zero-order valence-electron chi connectivity index (χ0n) is 10.1. The maximum atomic E-state index is 12.0. The van der Waals surface area contributed by atoms with Gasteiger partial charge in [0, 0.05) is 23.0 Å². The summed E-state index contributed by atoms with van der Waals surface area (Å²) in [4.78, 5) is 24.0. The third-order valence-corrected chi connectivity index (χ3v) is 4.64. The molecule has 1 fully saturated rings. The van der Waals surface area contributed by atoms with E-state index in [4.69, 9.17) is 0 Å². The monoisotopic (exact) mass is 238 g/mol. The molecule has 0 radical (unpaired) electrons. The first-order chi connectivity index (χ1) is 8.77. The maximum absolute atomic E-state index is 12.0. The van der Waals surface area contributed by atoms with E-state index in [1.807, 2.05) is 18.2 Å². The van der Waals surface area contributed by atoms with Crippen molar-refractivity contribution in [1.82, 2.24) is 0 Å². The van der Waals surface area contributed by atoms with Gasteiger partial charge in [0.05, 0.1) is 0 Å². The number of carbonyl (C=O) groups is 2. The van der Waals surface area contributed by atoms with Crippen LogP contribution >= 0.6 is 0 Å². The summed E-state index contributed by atoms with van der Waals surface area (Å²) >= 11 is 0. The molecule has 0 heterocycles. The Balaban J connectivity index is 1.94. The van der Waals surface area contributed by atoms with E-state index in [0.29, 0.717) is 0 Å². The minimum atomic E-state index is -0.277. The van der Waals surface area contributed by atoms with Gasteiger partial charge < -0.3 is 0 Å². The van der Waals surface area contributed by atoms with Crippen LogP contribution < -0.4 is 0 Å². The van der Waals surface area contributed by atoms with E-state index < -0.39 is 0 Å². The van der Waals surface area contributed by atoms with Crippen LogP contribution in [0.25, 0.3) is 0 Å². The predicted octanol–water partition coefficient (Wildman–Crippen LogP) is 2.68. The van der Waals surface area contributed by atoms with Crippen molar-refractivity contribution >= 4 is 11.6 Å². The van der Waals surface area contributed by atoms with Gasteiger partial charge in [0.25, 0.3) is 0 Å². The molecule has 0 aliphatic heterocycles. The number of hydrogen-bond acceptors (Lipinski definition) is 2. The van der Waals surface area contributed by atoms with Crippen LogP contribution in [0.2, 0.25) is 0 Å². The molecular weight excluding hydrogens is 224 g/mol. The summed E-state index contributed by atoms with van der Waals surface area (Å²) in [6.45, 7) is 0. The van der Waals surface area contributed by atoms with Crippen LogP contribution in [0.15, 0.2) is 46.6 Å². The van der Waals surface area contributed by atoms with Gasteiger partial charge in [-0.1, -0.05) is 29.9 Å². The molecule has 0 N–H and O–H groups in total. The molecule has 0 aromatic heterocycles. The number of allylic oxidation sites excluding steroid dienone is 8. The van der Waals surface area contributed by atoms with E-state index >= 15 is 0 Å². The summed E-state index contributed by atoms with van der Waals surface area (Å²) < 4.78 is 0. The Morgan fingerprint density at radius 1 is 1.00 bits per heavy atom. The first kappa shape index (κ1) is 10.2. The second-order valence-electron chi connectivity index (χ2n) is 5.53. The van der Waals surface area contributed by atoms with Crippen LogP contribution in [0.3, 0.4) is 0 Å². The molecule has 4 aliphatic rings. The van der Waals surface area contributed by atoms with E-state index in [1.165, 1.54) is 24.0 Å². The molecule has 0 aromatic carbocycles. The Hall–Kier alpha value is -1.70. The van der Waals surface area contributed by atoms with E-state index in [0.717, 1.165) is 24.0 Å². The van der Waals surface area contributed by atoms with Crippen molar-refractivity contribution in [3.8, 4) is 0 Å². The normalized spacial score (nSPS) is 33.1. The highest BCUT2D eigenvalue weighted by molar-refractivity contribution is 6.52. The quantitative estimate of drug-likeness (QED) is 0.608. The zero-order valence-corrected chi connectivity index (χ0v) is 10.1. The molecule has 2 heteroatoms. The number of hydrogen-bond donors (Lipinski definition) is 0. The lowest BCUT2D eigenvalue weighted by Crippen LogP contribution is -2.24. The zero-order chi connectivity index (χ0) is 12.3. The smallest absolute Gasteiger partial charge is 0.229 e. The SMILES string of the molecule is O=C1C(=O)C2=CC3=C(CCCC3)C3C=CC=C1C23. The molecule has 2 unspecified atom stereocenters. The summed E-state index contributed by atoms with van der Waals surface area (Å²) in [5, 5.41) is 0. The minimum absolute atomic E-state index is 0.0341. The fraction of sp³-hybridized carbons (Fsp3) is 0.375. The van der Waals surface area contributed by atoms with Crippen molar-refractivity contribution in [3.63, 3.8) is 0 Å². The van der Waals surface area contributed by atoms with Crippen molar-refractivity contribution < 1.29 is 9.59 Å². The molecule has 0 spiro atoms. The van der Waals surface area contributed by atoms with Crippen molar-refractivity contribution in [1.29, 1.82) is 0 Å². The lowest BCUT2D eigenvalue weighted by atomic mass is 9.69. The molecule has 0 aromatic rings. The number of Topliss-reactive ketones (excluding diaryl/α,β-unsaturated/α-hetero) is 2. The molecule has 2 atom stereocenters. The van der Waals surface area contributed by atoms with Gasteiger partial charge in [-0.05, 0) is 31.3 Å². The summed E-state index contributed by atoms with van der Waals surface area (Å²) in [5.74, 6) is -0.236. The summed E-state index contributed by atoms with van der Waals surface area (Å²) in [6.07, 6.45) is 12.6. The molecule has 0 amide bonds. The summed E-state index contributed by atoms with van der Waals surface area (Å²) in [7, 11) is 0. The van der Waals surface area contributed by atoms with Crippen molar-refractivity contribution in [2.45, 2.75) is 25.7 Å². The van der Waals surface area contributed by atoms with Crippen LogP contribution in [0.5, 0.6) is 0 Å². The van der Waals surface area contributed by atoms with Crippen LogP contribution in [0.4, 0.5) is 0 Å². The minimum Gasteiger partial charge on any atom is -0.285 e. The fourth-order valence-corrected chi connectivity index (χ4v) is 3.83. The highest BCUT2D eigenvalue weighted by Gasteiger charge is 2.47. The molecule has 2 nitrogen and oxygen atoms in total. The molecule has 1 saturated carbocycles. The standard InChI is InChI=1S/C16H14O2/c17-15-12-7-3-6-11-10-5-2-1-4-9(10)8-13(14(11)12)16(15)18/h3,6-8,11,14H,1-2,4-5H2. The van der Waals surface area contributed by atoms with Crippen LogP contribution in [-0.4, -0.2) is 11.6 Å². The van der Waals surface area contributed by atoms with E-state index in [1.54, 1.807) is 0 Å². The molecule has 4 rings (SSSR count). The molecular formula is C16H14O2. The van der Waals surface area contributed by atoms with Gasteiger partial charge in [-0.25, -0.2) is 0 Å². The second kappa shape index (κ2) is 3.41. The lowest BCUT2D eigenvalue weighted by molar-refractivity contribution is -0.130. The van der Waals surface area contributed by atoms with Gasteiger partial charge in [0.15, 0.2) is 0 Å². The highest BCUT2D eigenvalue weighted by atomic mass is 16.2. The van der Waals surface area contributed by atoms with Gasteiger partial charge in [-0.2, -0.15) is 0 Å². The average Bonchev–Trinajstić information content (AvgIpc) is 2.66. The third-order valence-electron chi connectivity index (χ3n) is 4.64. The van der Waals surface area contributed by atoms with Crippen molar-refractivity contribution in [2.24, 2.45) is 11.8 Å². The van der Waals surface area contributed by atoms with Crippen LogP contribution in [0.1, 0.15) is 25.7 Å². The molecule has 90 valence electrons.